The minimum Gasteiger partial charge on any atom is -0.497 e. The average Bonchev–Trinajstić information content (AvgIpc) is 2.95. The van der Waals surface area contributed by atoms with Gasteiger partial charge in [0.05, 0.1) is 38.8 Å². The number of hydrogen-bond acceptors (Lipinski definition) is 10. The molecule has 0 bridgehead atoms. The molecule has 1 aromatic carbocycles. The number of ether oxygens (including phenoxy) is 3. The minimum atomic E-state index is -0.575. The fourth-order valence-electron chi connectivity index (χ4n) is 5.10. The van der Waals surface area contributed by atoms with Crippen LogP contribution in [0.2, 0.25) is 0 Å². The van der Waals surface area contributed by atoms with Crippen LogP contribution >= 0.6 is 0 Å². The lowest BCUT2D eigenvalue weighted by Crippen LogP contribution is -2.50. The third-order valence-electron chi connectivity index (χ3n) is 6.56. The molecule has 11 heteroatoms. The Morgan fingerprint density at radius 3 is 2.48 bits per heavy atom. The molecule has 1 aliphatic rings. The molecule has 0 radical (unpaired) electrons. The quantitative estimate of drug-likeness (QED) is 0.332. The van der Waals surface area contributed by atoms with E-state index in [1.807, 2.05) is 50.2 Å². The number of carbonyl (C=O) groups excluding carboxylic acids is 1. The summed E-state index contributed by atoms with van der Waals surface area (Å²) in [6.45, 7) is 12.1. The van der Waals surface area contributed by atoms with E-state index in [0.29, 0.717) is 37.9 Å². The molecule has 1 fully saturated rings. The lowest BCUT2D eigenvalue weighted by atomic mass is 9.84. The number of nitrogens with one attached hydrogen (secondary N) is 2. The summed E-state index contributed by atoms with van der Waals surface area (Å²) in [4.78, 5) is 27.6. The molecule has 1 saturated heterocycles. The second-order valence-electron chi connectivity index (χ2n) is 12.1. The highest BCUT2D eigenvalue weighted by molar-refractivity contribution is 5.80. The Bertz CT molecular complexity index is 1400. The number of morpholine rings is 1. The normalized spacial score (nSPS) is 15.5. The molecule has 1 amide bonds. The van der Waals surface area contributed by atoms with E-state index in [1.165, 1.54) is 12.4 Å². The number of aromatic nitrogens is 3. The molecule has 42 heavy (non-hydrogen) atoms. The number of carbonyl (C=O) groups is 1. The summed E-state index contributed by atoms with van der Waals surface area (Å²) in [6.07, 6.45) is 4.84. The first kappa shape index (κ1) is 30.5. The van der Waals surface area contributed by atoms with Gasteiger partial charge in [-0.15, -0.1) is 0 Å². The van der Waals surface area contributed by atoms with Crippen LogP contribution in [0.15, 0.2) is 48.9 Å². The topological polar surface area (TPSA) is 135 Å². The molecule has 3 heterocycles. The number of nitrogens with zero attached hydrogens (tertiary/aromatic N) is 5. The van der Waals surface area contributed by atoms with Crippen LogP contribution in [0.3, 0.4) is 0 Å². The summed E-state index contributed by atoms with van der Waals surface area (Å²) in [5.74, 6) is 1.76. The third-order valence-corrected chi connectivity index (χ3v) is 6.56. The molecule has 0 spiro atoms. The Morgan fingerprint density at radius 1 is 1.10 bits per heavy atom. The fraction of sp³-hybridized carbons (Fsp3) is 0.452. The highest BCUT2D eigenvalue weighted by Crippen LogP contribution is 2.32. The maximum Gasteiger partial charge on any atom is 0.410 e. The Morgan fingerprint density at radius 2 is 1.83 bits per heavy atom. The number of pyridine rings is 1. The van der Waals surface area contributed by atoms with Gasteiger partial charge in [-0.2, -0.15) is 5.26 Å². The lowest BCUT2D eigenvalue weighted by Gasteiger charge is -2.37. The Labute approximate surface area is 247 Å². The number of hydrogen-bond donors (Lipinski definition) is 2. The van der Waals surface area contributed by atoms with Crippen LogP contribution in [-0.4, -0.2) is 71.0 Å². The molecule has 2 aromatic heterocycles. The molecule has 0 aliphatic carbocycles. The number of rotatable bonds is 9. The van der Waals surface area contributed by atoms with Gasteiger partial charge >= 0.3 is 6.09 Å². The summed E-state index contributed by atoms with van der Waals surface area (Å²) < 4.78 is 17.2. The SMILES string of the molecule is COc1ccc(-c2cnc(Nc3cnc(C#N)cn3)cc2NC[C@H]2CN(C(=O)OC(C)(C)CC(C)(C)C)CCO2)cc1. The smallest absolute Gasteiger partial charge is 0.410 e. The molecule has 1 atom stereocenters. The van der Waals surface area contributed by atoms with Crippen molar-refractivity contribution in [2.24, 2.45) is 5.41 Å². The van der Waals surface area contributed by atoms with E-state index in [4.69, 9.17) is 19.5 Å². The zero-order valence-electron chi connectivity index (χ0n) is 25.1. The van der Waals surface area contributed by atoms with Gasteiger partial charge in [0.25, 0.3) is 0 Å². The van der Waals surface area contributed by atoms with E-state index in [0.717, 1.165) is 29.0 Å². The largest absolute Gasteiger partial charge is 0.497 e. The fourth-order valence-corrected chi connectivity index (χ4v) is 5.10. The molecule has 3 aromatic rings. The number of benzene rings is 1. The molecular formula is C31H39N7O4. The Hall–Kier alpha value is -4.43. The summed E-state index contributed by atoms with van der Waals surface area (Å²) in [5.41, 5.74) is 2.33. The summed E-state index contributed by atoms with van der Waals surface area (Å²) in [7, 11) is 1.63. The van der Waals surface area contributed by atoms with E-state index >= 15 is 0 Å². The minimum absolute atomic E-state index is 0.0355. The molecule has 222 valence electrons. The van der Waals surface area contributed by atoms with Crippen LogP contribution in [0, 0.1) is 16.7 Å². The molecule has 11 nitrogen and oxygen atoms in total. The third kappa shape index (κ3) is 8.54. The number of amides is 1. The maximum atomic E-state index is 13.0. The van der Waals surface area contributed by atoms with Crippen molar-refractivity contribution in [2.75, 3.05) is 44.0 Å². The van der Waals surface area contributed by atoms with Crippen LogP contribution in [0.1, 0.15) is 46.7 Å². The summed E-state index contributed by atoms with van der Waals surface area (Å²) in [5, 5.41) is 15.6. The second-order valence-corrected chi connectivity index (χ2v) is 12.1. The van der Waals surface area contributed by atoms with Crippen molar-refractivity contribution < 1.29 is 19.0 Å². The number of anilines is 3. The van der Waals surface area contributed by atoms with Crippen molar-refractivity contribution in [3.8, 4) is 22.9 Å². The van der Waals surface area contributed by atoms with E-state index in [2.05, 4.69) is 46.4 Å². The summed E-state index contributed by atoms with van der Waals surface area (Å²) in [6, 6.07) is 11.6. The van der Waals surface area contributed by atoms with Gasteiger partial charge in [0.1, 0.15) is 29.1 Å². The Kier molecular flexibility index (Phi) is 9.48. The predicted octanol–water partition coefficient (Wildman–Crippen LogP) is 5.63. The van der Waals surface area contributed by atoms with Crippen molar-refractivity contribution in [2.45, 2.75) is 52.7 Å². The van der Waals surface area contributed by atoms with Crippen LogP contribution in [-0.2, 0) is 9.47 Å². The van der Waals surface area contributed by atoms with E-state index in [9.17, 15) is 4.79 Å². The number of nitriles is 1. The number of methoxy groups -OCH3 is 1. The van der Waals surface area contributed by atoms with Gasteiger partial charge in [-0.1, -0.05) is 32.9 Å². The van der Waals surface area contributed by atoms with Gasteiger partial charge in [-0.05, 0) is 43.4 Å². The molecular weight excluding hydrogens is 534 g/mol. The van der Waals surface area contributed by atoms with Crippen LogP contribution in [0.25, 0.3) is 11.1 Å². The summed E-state index contributed by atoms with van der Waals surface area (Å²) >= 11 is 0. The van der Waals surface area contributed by atoms with Crippen molar-refractivity contribution in [3.05, 3.63) is 54.6 Å². The lowest BCUT2D eigenvalue weighted by molar-refractivity contribution is -0.0489. The highest BCUT2D eigenvalue weighted by atomic mass is 16.6. The predicted molar refractivity (Wildman–Crippen MR) is 161 cm³/mol. The van der Waals surface area contributed by atoms with E-state index < -0.39 is 5.60 Å². The van der Waals surface area contributed by atoms with Crippen molar-refractivity contribution in [1.29, 1.82) is 5.26 Å². The van der Waals surface area contributed by atoms with E-state index in [-0.39, 0.29) is 23.3 Å². The highest BCUT2D eigenvalue weighted by Gasteiger charge is 2.33. The van der Waals surface area contributed by atoms with Crippen molar-refractivity contribution >= 4 is 23.4 Å². The van der Waals surface area contributed by atoms with Gasteiger partial charge in [0.15, 0.2) is 5.69 Å². The average molecular weight is 574 g/mol. The van der Waals surface area contributed by atoms with Gasteiger partial charge in [0, 0.05) is 36.6 Å². The van der Waals surface area contributed by atoms with Crippen LogP contribution in [0.5, 0.6) is 5.75 Å². The van der Waals surface area contributed by atoms with Crippen LogP contribution in [0.4, 0.5) is 22.1 Å². The van der Waals surface area contributed by atoms with Gasteiger partial charge < -0.3 is 29.7 Å². The van der Waals surface area contributed by atoms with Crippen molar-refractivity contribution in [3.63, 3.8) is 0 Å². The van der Waals surface area contributed by atoms with Crippen molar-refractivity contribution in [1.82, 2.24) is 19.9 Å². The molecule has 1 aliphatic heterocycles. The van der Waals surface area contributed by atoms with Gasteiger partial charge in [-0.3, -0.25) is 0 Å². The van der Waals surface area contributed by atoms with Gasteiger partial charge in [-0.25, -0.2) is 19.7 Å². The van der Waals surface area contributed by atoms with Crippen LogP contribution < -0.4 is 15.4 Å². The molecule has 4 rings (SSSR count). The Balaban J connectivity index is 1.48. The standard InChI is InChI=1S/C31H39N7O4/c1-30(2,3)20-31(4,5)42-29(39)38-11-12-41-24(19-38)16-34-26-13-27(37-28-18-33-22(14-32)15-35-28)36-17-25(26)21-7-9-23(40-6)10-8-21/h7-10,13,15,17-18,24H,11-12,16,19-20H2,1-6H3,(H2,34,35,36,37)/t24-/m0/s1. The first-order valence-corrected chi connectivity index (χ1v) is 13.9. The first-order chi connectivity index (χ1) is 19.9. The van der Waals surface area contributed by atoms with E-state index in [1.54, 1.807) is 18.2 Å². The zero-order chi connectivity index (χ0) is 30.3. The molecule has 0 unspecified atom stereocenters. The van der Waals surface area contributed by atoms with Gasteiger partial charge in [0.2, 0.25) is 0 Å². The monoisotopic (exact) mass is 573 g/mol. The molecule has 0 saturated carbocycles. The zero-order valence-corrected chi connectivity index (χ0v) is 25.1. The molecule has 2 N–H and O–H groups in total. The second kappa shape index (κ2) is 13.0. The first-order valence-electron chi connectivity index (χ1n) is 13.9. The maximum absolute atomic E-state index is 13.0.